The zero-order valence-corrected chi connectivity index (χ0v) is 10.9. The van der Waals surface area contributed by atoms with Gasteiger partial charge in [-0.1, -0.05) is 0 Å². The molecule has 0 bridgehead atoms. The summed E-state index contributed by atoms with van der Waals surface area (Å²) in [7, 11) is 0. The number of ether oxygens (including phenoxy) is 2. The van der Waals surface area contributed by atoms with E-state index < -0.39 is 23.9 Å². The molecule has 0 aromatic heterocycles. The first kappa shape index (κ1) is 16.7. The van der Waals surface area contributed by atoms with E-state index in [0.29, 0.717) is 0 Å². The van der Waals surface area contributed by atoms with Gasteiger partial charge in [-0.15, -0.1) is 0 Å². The van der Waals surface area contributed by atoms with Gasteiger partial charge in [-0.05, 0) is 0 Å². The van der Waals surface area contributed by atoms with E-state index in [1.807, 2.05) is 0 Å². The molecule has 0 aliphatic carbocycles. The van der Waals surface area contributed by atoms with Crippen LogP contribution in [0, 0.1) is 0 Å². The van der Waals surface area contributed by atoms with Crippen LogP contribution in [0.4, 0.5) is 0 Å². The van der Waals surface area contributed by atoms with Crippen molar-refractivity contribution in [2.24, 2.45) is 0 Å². The fourth-order valence-corrected chi connectivity index (χ4v) is 0.627. The van der Waals surface area contributed by atoms with Gasteiger partial charge in [0, 0.05) is 13.8 Å². The first-order chi connectivity index (χ1) is 6.41. The van der Waals surface area contributed by atoms with E-state index in [1.54, 1.807) is 0 Å². The van der Waals surface area contributed by atoms with Gasteiger partial charge in [0.25, 0.3) is 0 Å². The molecule has 0 rings (SSSR count). The van der Waals surface area contributed by atoms with Gasteiger partial charge in [-0.25, -0.2) is 0 Å². The van der Waals surface area contributed by atoms with Crippen molar-refractivity contribution in [3.05, 3.63) is 0 Å². The molecule has 0 fully saturated rings. The minimum Gasteiger partial charge on any atom is -1.00 e. The Kier molecular flexibility index (Phi) is 9.55. The van der Waals surface area contributed by atoms with E-state index in [4.69, 9.17) is 0 Å². The van der Waals surface area contributed by atoms with Crippen LogP contribution in [-0.2, 0) is 28.7 Å². The molecule has 6 nitrogen and oxygen atoms in total. The maximum atomic E-state index is 10.7. The van der Waals surface area contributed by atoms with Crippen molar-refractivity contribution >= 4 is 23.9 Å². The largest absolute Gasteiger partial charge is 1.00 e. The summed E-state index contributed by atoms with van der Waals surface area (Å²) in [4.78, 5) is 41.9. The molecule has 0 atom stereocenters. The van der Waals surface area contributed by atoms with Crippen molar-refractivity contribution in [1.82, 2.24) is 0 Å². The van der Waals surface area contributed by atoms with Crippen LogP contribution < -0.4 is 29.6 Å². The zero-order valence-electron chi connectivity index (χ0n) is 9.86. The standard InChI is InChI=1S/C8H10O6.Na.H/c1-5(9)13-7(11)3-4-8(12)14-6(2)10;;/h3-4H2,1-2H3;;/q;+1;-1. The number of carbonyl (C=O) groups excluding carboxylic acids is 4. The second kappa shape index (κ2) is 8.58. The van der Waals surface area contributed by atoms with Crippen LogP contribution >= 0.6 is 0 Å². The second-order valence-electron chi connectivity index (χ2n) is 2.43. The first-order valence-electron chi connectivity index (χ1n) is 3.84. The number of rotatable bonds is 3. The monoisotopic (exact) mass is 226 g/mol. The molecule has 0 aliphatic rings. The van der Waals surface area contributed by atoms with E-state index in [0.717, 1.165) is 13.8 Å². The van der Waals surface area contributed by atoms with E-state index in [2.05, 4.69) is 9.47 Å². The van der Waals surface area contributed by atoms with Crippen LogP contribution in [-0.4, -0.2) is 23.9 Å². The molecule has 80 valence electrons. The van der Waals surface area contributed by atoms with E-state index in [9.17, 15) is 19.2 Å². The molecule has 15 heavy (non-hydrogen) atoms. The number of esters is 4. The number of hydrogen-bond acceptors (Lipinski definition) is 6. The van der Waals surface area contributed by atoms with Gasteiger partial charge in [-0.2, -0.15) is 0 Å². The van der Waals surface area contributed by atoms with Crippen molar-refractivity contribution in [3.63, 3.8) is 0 Å². The molecule has 0 N–H and O–H groups in total. The average Bonchev–Trinajstić information content (AvgIpc) is 1.98. The maximum Gasteiger partial charge on any atom is 1.00 e. The first-order valence-corrected chi connectivity index (χ1v) is 3.84. The Bertz CT molecular complexity index is 250. The van der Waals surface area contributed by atoms with Gasteiger partial charge in [0.15, 0.2) is 0 Å². The molecule has 0 saturated heterocycles. The van der Waals surface area contributed by atoms with Gasteiger partial charge in [0.1, 0.15) is 0 Å². The Labute approximate surface area is 110 Å². The molecule has 0 radical (unpaired) electrons. The Hall–Kier alpha value is -0.720. The van der Waals surface area contributed by atoms with Crippen LogP contribution in [0.3, 0.4) is 0 Å². The summed E-state index contributed by atoms with van der Waals surface area (Å²) in [6.07, 6.45) is -0.572. The fraction of sp³-hybridized carbons (Fsp3) is 0.500. The zero-order chi connectivity index (χ0) is 11.1. The summed E-state index contributed by atoms with van der Waals surface area (Å²) < 4.78 is 8.27. The molecule has 0 spiro atoms. The fourth-order valence-electron chi connectivity index (χ4n) is 0.627. The Morgan fingerprint density at radius 3 is 1.33 bits per heavy atom. The Morgan fingerprint density at radius 1 is 0.867 bits per heavy atom. The average molecular weight is 226 g/mol. The van der Waals surface area contributed by atoms with Crippen LogP contribution in [0.5, 0.6) is 0 Å². The molecule has 0 saturated carbocycles. The van der Waals surface area contributed by atoms with Crippen molar-refractivity contribution in [3.8, 4) is 0 Å². The van der Waals surface area contributed by atoms with Gasteiger partial charge in [-0.3, -0.25) is 19.2 Å². The number of hydrogen-bond donors (Lipinski definition) is 0. The third-order valence-electron chi connectivity index (χ3n) is 1.05. The quantitative estimate of drug-likeness (QED) is 0.291. The topological polar surface area (TPSA) is 86.7 Å². The van der Waals surface area contributed by atoms with Crippen molar-refractivity contribution in [2.75, 3.05) is 0 Å². The minimum atomic E-state index is -0.821. The molecule has 0 unspecified atom stereocenters. The van der Waals surface area contributed by atoms with Gasteiger partial charge < -0.3 is 10.9 Å². The maximum absolute atomic E-state index is 10.7. The van der Waals surface area contributed by atoms with Crippen LogP contribution in [0.15, 0.2) is 0 Å². The summed E-state index contributed by atoms with van der Waals surface area (Å²) in [6, 6.07) is 0. The summed E-state index contributed by atoms with van der Waals surface area (Å²) in [6.45, 7) is 2.15. The molecule has 0 aromatic rings. The molecule has 0 aliphatic heterocycles. The van der Waals surface area contributed by atoms with Crippen LogP contribution in [0.1, 0.15) is 28.1 Å². The van der Waals surface area contributed by atoms with Gasteiger partial charge in [0.2, 0.25) is 0 Å². The SMILES string of the molecule is CC(=O)OC(=O)CCC(=O)OC(C)=O.[H-].[Na+]. The Morgan fingerprint density at radius 2 is 1.13 bits per heavy atom. The number of carbonyl (C=O) groups is 4. The molecule has 7 heteroatoms. The van der Waals surface area contributed by atoms with Crippen molar-refractivity contribution in [1.29, 1.82) is 0 Å². The van der Waals surface area contributed by atoms with Crippen LogP contribution in [0.2, 0.25) is 0 Å². The minimum absolute atomic E-state index is 0. The Balaban J connectivity index is -0.000000845. The van der Waals surface area contributed by atoms with Crippen molar-refractivity contribution in [2.45, 2.75) is 26.7 Å². The van der Waals surface area contributed by atoms with E-state index in [1.165, 1.54) is 0 Å². The molecular formula is C8H11NaO6. The molecule has 0 amide bonds. The normalized spacial score (nSPS) is 8.40. The summed E-state index contributed by atoms with van der Waals surface area (Å²) in [5.74, 6) is -3.12. The van der Waals surface area contributed by atoms with Gasteiger partial charge >= 0.3 is 53.4 Å². The van der Waals surface area contributed by atoms with Crippen LogP contribution in [0.25, 0.3) is 0 Å². The third-order valence-corrected chi connectivity index (χ3v) is 1.05. The summed E-state index contributed by atoms with van der Waals surface area (Å²) >= 11 is 0. The van der Waals surface area contributed by atoms with Gasteiger partial charge in [0.05, 0.1) is 12.8 Å². The smallest absolute Gasteiger partial charge is 1.00 e. The summed E-state index contributed by atoms with van der Waals surface area (Å²) in [5.41, 5.74) is 0. The molecular weight excluding hydrogens is 215 g/mol. The van der Waals surface area contributed by atoms with Crippen molar-refractivity contribution < 1.29 is 59.6 Å². The second-order valence-corrected chi connectivity index (χ2v) is 2.43. The van der Waals surface area contributed by atoms with E-state index in [-0.39, 0.29) is 43.8 Å². The van der Waals surface area contributed by atoms with E-state index >= 15 is 0 Å². The molecule has 0 heterocycles. The predicted octanol–water partition coefficient (Wildman–Crippen LogP) is -2.94. The summed E-state index contributed by atoms with van der Waals surface area (Å²) in [5, 5.41) is 0. The third kappa shape index (κ3) is 11.2. The predicted molar refractivity (Wildman–Crippen MR) is 43.9 cm³/mol. The molecule has 0 aromatic carbocycles.